The number of fused-ring (bicyclic) bond motifs is 1. The van der Waals surface area contributed by atoms with Gasteiger partial charge in [-0.25, -0.2) is 21.8 Å². The lowest BCUT2D eigenvalue weighted by Gasteiger charge is -2.21. The maximum Gasteiger partial charge on any atom is 0.238 e. The van der Waals surface area contributed by atoms with E-state index >= 15 is 0 Å². The van der Waals surface area contributed by atoms with Crippen LogP contribution in [0.5, 0.6) is 5.75 Å². The van der Waals surface area contributed by atoms with Crippen LogP contribution in [0.4, 0.5) is 5.69 Å². The van der Waals surface area contributed by atoms with Gasteiger partial charge in [0.05, 0.1) is 28.5 Å². The lowest BCUT2D eigenvalue weighted by Crippen LogP contribution is -2.28. The van der Waals surface area contributed by atoms with E-state index in [4.69, 9.17) is 4.74 Å². The number of anilines is 1. The Kier molecular flexibility index (Phi) is 5.09. The van der Waals surface area contributed by atoms with E-state index < -0.39 is 29.4 Å². The molecule has 0 radical (unpaired) electrons. The number of rotatable bonds is 6. The minimum atomic E-state index is -3.69. The summed E-state index contributed by atoms with van der Waals surface area (Å²) >= 11 is 0. The van der Waals surface area contributed by atoms with E-state index in [1.807, 2.05) is 6.07 Å². The topological polar surface area (TPSA) is 107 Å². The molecule has 0 amide bonds. The lowest BCUT2D eigenvalue weighted by atomic mass is 10.1. The zero-order valence-corrected chi connectivity index (χ0v) is 20.3. The van der Waals surface area contributed by atoms with Crippen LogP contribution in [0.15, 0.2) is 47.6 Å². The van der Waals surface area contributed by atoms with Gasteiger partial charge in [0, 0.05) is 23.5 Å². The second kappa shape index (κ2) is 7.21. The molecule has 4 rings (SSSR count). The fourth-order valence-electron chi connectivity index (χ4n) is 3.36. The van der Waals surface area contributed by atoms with Crippen LogP contribution in [-0.2, 0) is 19.9 Å². The minimum absolute atomic E-state index is 0.0674. The van der Waals surface area contributed by atoms with E-state index in [1.54, 1.807) is 62.6 Å². The molecule has 1 N–H and O–H groups in total. The van der Waals surface area contributed by atoms with E-state index in [-0.39, 0.29) is 10.6 Å². The molecule has 1 aliphatic carbocycles. The molecule has 0 saturated heterocycles. The Morgan fingerprint density at radius 3 is 2.41 bits per heavy atom. The molecule has 0 unspecified atom stereocenters. The third-order valence-electron chi connectivity index (χ3n) is 5.90. The largest absolute Gasteiger partial charge is 0.495 e. The van der Waals surface area contributed by atoms with Crippen molar-refractivity contribution in [3.8, 4) is 17.0 Å². The maximum atomic E-state index is 13.2. The quantitative estimate of drug-likeness (QED) is 0.577. The Hall–Kier alpha value is -2.59. The van der Waals surface area contributed by atoms with Crippen molar-refractivity contribution in [2.45, 2.75) is 54.9 Å². The first-order valence-corrected chi connectivity index (χ1v) is 13.2. The fourth-order valence-corrected chi connectivity index (χ4v) is 5.99. The summed E-state index contributed by atoms with van der Waals surface area (Å²) in [6.45, 7) is 6.64. The minimum Gasteiger partial charge on any atom is -0.495 e. The van der Waals surface area contributed by atoms with Gasteiger partial charge in [-0.1, -0.05) is 12.1 Å². The molecule has 1 aromatic carbocycles. The number of ether oxygens (including phenoxy) is 1. The van der Waals surface area contributed by atoms with E-state index in [9.17, 15) is 16.8 Å². The van der Waals surface area contributed by atoms with Crippen LogP contribution in [0.3, 0.4) is 0 Å². The molecule has 1 aliphatic rings. The number of hydrogen-bond donors (Lipinski definition) is 1. The fraction of sp³-hybridized carbons (Fsp3) is 0.409. The van der Waals surface area contributed by atoms with Crippen LogP contribution in [0, 0.1) is 0 Å². The number of aromatic nitrogens is 2. The van der Waals surface area contributed by atoms with E-state index in [0.717, 1.165) is 0 Å². The first-order chi connectivity index (χ1) is 14.8. The Morgan fingerprint density at radius 1 is 1.12 bits per heavy atom. The molecule has 0 aliphatic heterocycles. The molecular formula is C22H27N3O5S2. The Morgan fingerprint density at radius 2 is 1.81 bits per heavy atom. The predicted octanol–water partition coefficient (Wildman–Crippen LogP) is 3.88. The van der Waals surface area contributed by atoms with Crippen molar-refractivity contribution in [1.29, 1.82) is 0 Å². The van der Waals surface area contributed by atoms with Crippen molar-refractivity contribution in [2.75, 3.05) is 11.8 Å². The molecule has 8 nitrogen and oxygen atoms in total. The lowest BCUT2D eigenvalue weighted by molar-refractivity contribution is 0.401. The summed E-state index contributed by atoms with van der Waals surface area (Å²) in [4.78, 5) is 4.46. The van der Waals surface area contributed by atoms with E-state index in [2.05, 4.69) is 9.71 Å². The Balaban J connectivity index is 1.82. The second-order valence-electron chi connectivity index (χ2n) is 9.33. The molecule has 172 valence electrons. The zero-order valence-electron chi connectivity index (χ0n) is 18.7. The maximum absolute atomic E-state index is 13.2. The van der Waals surface area contributed by atoms with Crippen molar-refractivity contribution >= 4 is 31.2 Å². The van der Waals surface area contributed by atoms with Gasteiger partial charge in [0.25, 0.3) is 0 Å². The molecule has 1 saturated carbocycles. The Bertz CT molecular complexity index is 1410. The molecule has 3 aromatic rings. The summed E-state index contributed by atoms with van der Waals surface area (Å²) in [5.74, 6) is 0.226. The highest BCUT2D eigenvalue weighted by atomic mass is 32.2. The summed E-state index contributed by atoms with van der Waals surface area (Å²) in [6.07, 6.45) is 4.42. The summed E-state index contributed by atoms with van der Waals surface area (Å²) in [7, 11) is -5.76. The first kappa shape index (κ1) is 22.6. The van der Waals surface area contributed by atoms with E-state index in [1.165, 1.54) is 13.3 Å². The van der Waals surface area contributed by atoms with Crippen LogP contribution in [-0.4, -0.2) is 42.8 Å². The molecule has 0 bridgehead atoms. The van der Waals surface area contributed by atoms with E-state index in [0.29, 0.717) is 35.4 Å². The SMILES string of the molecule is COc1cc2ncc(-c3cccc(NS(=O)(=O)C4(C)CC4)c3)n2cc1S(=O)(=O)C(C)(C)C. The molecule has 1 fully saturated rings. The number of methoxy groups -OCH3 is 1. The van der Waals surface area contributed by atoms with Gasteiger partial charge < -0.3 is 4.74 Å². The van der Waals surface area contributed by atoms with Crippen LogP contribution < -0.4 is 9.46 Å². The molecule has 10 heteroatoms. The predicted molar refractivity (Wildman–Crippen MR) is 124 cm³/mol. The average molecular weight is 478 g/mol. The third kappa shape index (κ3) is 3.65. The van der Waals surface area contributed by atoms with Crippen LogP contribution in [0.25, 0.3) is 16.9 Å². The van der Waals surface area contributed by atoms with Gasteiger partial charge in [0.2, 0.25) is 10.0 Å². The molecule has 2 heterocycles. The van der Waals surface area contributed by atoms with Gasteiger partial charge >= 0.3 is 0 Å². The average Bonchev–Trinajstić information content (AvgIpc) is 3.34. The second-order valence-corrected chi connectivity index (χ2v) is 14.2. The van der Waals surface area contributed by atoms with Gasteiger partial charge in [-0.15, -0.1) is 0 Å². The highest BCUT2D eigenvalue weighted by Crippen LogP contribution is 2.43. The smallest absolute Gasteiger partial charge is 0.238 e. The monoisotopic (exact) mass is 477 g/mol. The van der Waals surface area contributed by atoms with Crippen molar-refractivity contribution in [3.63, 3.8) is 0 Å². The molecular weight excluding hydrogens is 450 g/mol. The summed E-state index contributed by atoms with van der Waals surface area (Å²) in [5.41, 5.74) is 2.29. The number of nitrogens with one attached hydrogen (secondary N) is 1. The van der Waals surface area contributed by atoms with Gasteiger partial charge in [0.1, 0.15) is 16.3 Å². The van der Waals surface area contributed by atoms with Gasteiger partial charge in [-0.2, -0.15) is 0 Å². The first-order valence-electron chi connectivity index (χ1n) is 10.2. The molecule has 2 aromatic heterocycles. The highest BCUT2D eigenvalue weighted by molar-refractivity contribution is 7.94. The Labute approximate surface area is 188 Å². The summed E-state index contributed by atoms with van der Waals surface area (Å²) in [5, 5.41) is 0. The molecule has 0 atom stereocenters. The summed E-state index contributed by atoms with van der Waals surface area (Å²) in [6, 6.07) is 8.56. The number of benzene rings is 1. The van der Waals surface area contributed by atoms with Gasteiger partial charge in [-0.3, -0.25) is 9.12 Å². The standard InChI is InChI=1S/C22H27N3O5S2/c1-21(2,3)31(26,27)19-14-25-17(13-23-20(25)12-18(19)30-5)15-7-6-8-16(11-15)24-32(28,29)22(4)9-10-22/h6-8,11-14,24H,9-10H2,1-5H3. The highest BCUT2D eigenvalue weighted by Gasteiger charge is 2.50. The number of imidazole rings is 1. The number of sulfonamides is 1. The molecule has 32 heavy (non-hydrogen) atoms. The number of nitrogens with zero attached hydrogens (tertiary/aromatic N) is 2. The third-order valence-corrected chi connectivity index (χ3v) is 10.6. The zero-order chi connectivity index (χ0) is 23.5. The normalized spacial score (nSPS) is 16.2. The number of pyridine rings is 1. The van der Waals surface area contributed by atoms with Crippen LogP contribution >= 0.6 is 0 Å². The van der Waals surface area contributed by atoms with Crippen molar-refractivity contribution in [1.82, 2.24) is 9.38 Å². The van der Waals surface area contributed by atoms with Gasteiger partial charge in [-0.05, 0) is 52.7 Å². The number of sulfone groups is 1. The van der Waals surface area contributed by atoms with Crippen molar-refractivity contribution in [2.24, 2.45) is 0 Å². The molecule has 0 spiro atoms. The van der Waals surface area contributed by atoms with Crippen LogP contribution in [0.2, 0.25) is 0 Å². The summed E-state index contributed by atoms with van der Waals surface area (Å²) < 4.78 is 59.5. The van der Waals surface area contributed by atoms with Crippen LogP contribution in [0.1, 0.15) is 40.5 Å². The van der Waals surface area contributed by atoms with Crippen molar-refractivity contribution in [3.05, 3.63) is 42.7 Å². The van der Waals surface area contributed by atoms with Crippen molar-refractivity contribution < 1.29 is 21.6 Å². The number of hydrogen-bond acceptors (Lipinski definition) is 6. The van der Waals surface area contributed by atoms with Gasteiger partial charge in [0.15, 0.2) is 9.84 Å².